The smallest absolute Gasteiger partial charge is 0.342 e. The molecule has 0 spiro atoms. The van der Waals surface area contributed by atoms with E-state index in [0.717, 1.165) is 18.2 Å². The van der Waals surface area contributed by atoms with Crippen LogP contribution in [0.4, 0.5) is 15.9 Å². The van der Waals surface area contributed by atoms with E-state index in [1.807, 2.05) is 4.98 Å². The van der Waals surface area contributed by atoms with Gasteiger partial charge in [0.2, 0.25) is 0 Å². The summed E-state index contributed by atoms with van der Waals surface area (Å²) in [5.74, 6) is -4.80. The van der Waals surface area contributed by atoms with Crippen molar-refractivity contribution >= 4 is 23.4 Å². The molecule has 0 bridgehead atoms. The Kier molecular flexibility index (Phi) is 6.47. The Morgan fingerprint density at radius 1 is 1.12 bits per heavy atom. The summed E-state index contributed by atoms with van der Waals surface area (Å²) in [5, 5.41) is 30.3. The highest BCUT2D eigenvalue weighted by atomic mass is 19.1. The number of hydrogen-bond acceptors (Lipinski definition) is 8. The van der Waals surface area contributed by atoms with Crippen LogP contribution in [0.2, 0.25) is 0 Å². The number of anilines is 1. The SMILES string of the molecule is COc1ccc(-c2c(C(=O)O)c(N)[nH]c(=O)c2C(=O)O)cc1COc1cc(F)ccc1[N+](=O)[O-]. The number of carbonyl (C=O) groups is 2. The maximum atomic E-state index is 13.6. The van der Waals surface area contributed by atoms with Gasteiger partial charge in [-0.15, -0.1) is 0 Å². The minimum Gasteiger partial charge on any atom is -0.496 e. The van der Waals surface area contributed by atoms with Crippen LogP contribution in [0.15, 0.2) is 41.2 Å². The Balaban J connectivity index is 2.17. The Labute approximate surface area is 189 Å². The van der Waals surface area contributed by atoms with Gasteiger partial charge in [-0.3, -0.25) is 14.9 Å². The summed E-state index contributed by atoms with van der Waals surface area (Å²) in [7, 11) is 1.31. The number of carboxylic acid groups (broad SMARTS) is 2. The van der Waals surface area contributed by atoms with E-state index in [2.05, 4.69) is 0 Å². The molecule has 0 amide bonds. The quantitative estimate of drug-likeness (QED) is 0.279. The van der Waals surface area contributed by atoms with Crippen molar-refractivity contribution in [3.8, 4) is 22.6 Å². The highest BCUT2D eigenvalue weighted by molar-refractivity contribution is 6.07. The topological polar surface area (TPSA) is 195 Å². The number of aromatic carboxylic acids is 2. The van der Waals surface area contributed by atoms with Gasteiger partial charge >= 0.3 is 17.6 Å². The van der Waals surface area contributed by atoms with Crippen LogP contribution in [0.3, 0.4) is 0 Å². The van der Waals surface area contributed by atoms with Crippen LogP contribution in [0.1, 0.15) is 26.3 Å². The van der Waals surface area contributed by atoms with Gasteiger partial charge in [0.25, 0.3) is 5.56 Å². The van der Waals surface area contributed by atoms with E-state index in [1.54, 1.807) is 0 Å². The predicted octanol–water partition coefficient (Wildman–Crippen LogP) is 2.66. The number of nitrogens with two attached hydrogens (primary N) is 1. The lowest BCUT2D eigenvalue weighted by Gasteiger charge is -2.15. The predicted molar refractivity (Wildman–Crippen MR) is 115 cm³/mol. The monoisotopic (exact) mass is 473 g/mol. The number of nitrogens with one attached hydrogen (secondary N) is 1. The first kappa shape index (κ1) is 23.7. The zero-order valence-corrected chi connectivity index (χ0v) is 17.3. The minimum atomic E-state index is -1.69. The third kappa shape index (κ3) is 4.48. The Morgan fingerprint density at radius 2 is 1.79 bits per heavy atom. The third-order valence-corrected chi connectivity index (χ3v) is 4.74. The zero-order chi connectivity index (χ0) is 25.2. The van der Waals surface area contributed by atoms with Crippen molar-refractivity contribution in [3.05, 3.63) is 79.4 Å². The molecule has 0 aliphatic rings. The van der Waals surface area contributed by atoms with Crippen molar-refractivity contribution in [3.63, 3.8) is 0 Å². The summed E-state index contributed by atoms with van der Waals surface area (Å²) in [5.41, 5.74) is 2.22. The van der Waals surface area contributed by atoms with Gasteiger partial charge in [-0.2, -0.15) is 0 Å². The highest BCUT2D eigenvalue weighted by Gasteiger charge is 2.27. The molecule has 1 aromatic heterocycles. The largest absolute Gasteiger partial charge is 0.496 e. The lowest BCUT2D eigenvalue weighted by molar-refractivity contribution is -0.386. The van der Waals surface area contributed by atoms with E-state index < -0.39 is 63.0 Å². The molecule has 5 N–H and O–H groups in total. The molecule has 0 aliphatic carbocycles. The highest BCUT2D eigenvalue weighted by Crippen LogP contribution is 2.34. The third-order valence-electron chi connectivity index (χ3n) is 4.74. The van der Waals surface area contributed by atoms with Crippen LogP contribution < -0.4 is 20.8 Å². The molecule has 0 aliphatic heterocycles. The first-order valence-corrected chi connectivity index (χ1v) is 9.31. The number of aromatic amines is 1. The number of hydrogen-bond donors (Lipinski definition) is 4. The van der Waals surface area contributed by atoms with Crippen molar-refractivity contribution in [1.29, 1.82) is 0 Å². The summed E-state index contributed by atoms with van der Waals surface area (Å²) >= 11 is 0. The van der Waals surface area contributed by atoms with Gasteiger partial charge in [0.1, 0.15) is 35.1 Å². The van der Waals surface area contributed by atoms with Crippen molar-refractivity contribution in [2.24, 2.45) is 0 Å². The van der Waals surface area contributed by atoms with Gasteiger partial charge in [0, 0.05) is 23.3 Å². The number of nitro groups is 1. The fourth-order valence-electron chi connectivity index (χ4n) is 3.29. The van der Waals surface area contributed by atoms with Crippen LogP contribution in [0, 0.1) is 15.9 Å². The van der Waals surface area contributed by atoms with E-state index in [1.165, 1.54) is 25.3 Å². The molecule has 3 rings (SSSR count). The molecule has 0 fully saturated rings. The second kappa shape index (κ2) is 9.28. The Bertz CT molecular complexity index is 1380. The van der Waals surface area contributed by atoms with E-state index in [4.69, 9.17) is 15.2 Å². The normalized spacial score (nSPS) is 10.5. The molecule has 0 atom stereocenters. The van der Waals surface area contributed by atoms with Gasteiger partial charge in [-0.25, -0.2) is 14.0 Å². The number of methoxy groups -OCH3 is 1. The average Bonchev–Trinajstić information content (AvgIpc) is 2.76. The van der Waals surface area contributed by atoms with Crippen LogP contribution in [0.25, 0.3) is 11.1 Å². The number of H-pyrrole nitrogens is 1. The second-order valence-corrected chi connectivity index (χ2v) is 6.79. The zero-order valence-electron chi connectivity index (χ0n) is 17.3. The summed E-state index contributed by atoms with van der Waals surface area (Å²) in [6.45, 7) is -0.412. The van der Waals surface area contributed by atoms with Crippen LogP contribution in [-0.4, -0.2) is 39.2 Å². The number of aromatic nitrogens is 1. The van der Waals surface area contributed by atoms with E-state index in [-0.39, 0.29) is 22.6 Å². The lowest BCUT2D eigenvalue weighted by atomic mass is 9.94. The van der Waals surface area contributed by atoms with E-state index in [9.17, 15) is 39.1 Å². The standard InChI is InChI=1S/C21H16FN3O9/c1-33-13-5-2-9(15-16(20(27)28)18(23)24-19(26)17(15)21(29)30)6-10(13)8-34-14-7-11(22)3-4-12(14)25(31)32/h2-7H,8H2,1H3,(H,27,28)(H,29,30)(H3,23,24,26). The number of nitrogen functional groups attached to an aromatic ring is 1. The fourth-order valence-corrected chi connectivity index (χ4v) is 3.29. The van der Waals surface area contributed by atoms with Gasteiger partial charge in [-0.1, -0.05) is 6.07 Å². The van der Waals surface area contributed by atoms with Crippen molar-refractivity contribution in [1.82, 2.24) is 4.98 Å². The summed E-state index contributed by atoms with van der Waals surface area (Å²) in [6, 6.07) is 6.57. The first-order valence-electron chi connectivity index (χ1n) is 9.31. The van der Waals surface area contributed by atoms with E-state index >= 15 is 0 Å². The number of halogens is 1. The Hall–Kier alpha value is -4.94. The lowest BCUT2D eigenvalue weighted by Crippen LogP contribution is -2.24. The maximum absolute atomic E-state index is 13.6. The number of rotatable bonds is 8. The molecule has 3 aromatic rings. The maximum Gasteiger partial charge on any atom is 0.342 e. The minimum absolute atomic E-state index is 0.0271. The molecular weight excluding hydrogens is 457 g/mol. The summed E-state index contributed by atoms with van der Waals surface area (Å²) < 4.78 is 24.2. The fraction of sp³-hybridized carbons (Fsp3) is 0.0952. The van der Waals surface area contributed by atoms with Gasteiger partial charge < -0.3 is 30.4 Å². The molecule has 0 radical (unpaired) electrons. The van der Waals surface area contributed by atoms with Crippen molar-refractivity contribution < 1.29 is 38.6 Å². The number of pyridine rings is 1. The molecular formula is C21H16FN3O9. The number of ether oxygens (including phenoxy) is 2. The summed E-state index contributed by atoms with van der Waals surface area (Å²) in [6.07, 6.45) is 0. The molecule has 176 valence electrons. The first-order chi connectivity index (χ1) is 16.0. The van der Waals surface area contributed by atoms with Crippen LogP contribution in [-0.2, 0) is 6.61 Å². The molecule has 0 unspecified atom stereocenters. The van der Waals surface area contributed by atoms with Crippen molar-refractivity contribution in [2.75, 3.05) is 12.8 Å². The molecule has 12 nitrogen and oxygen atoms in total. The Morgan fingerprint density at radius 3 is 2.38 bits per heavy atom. The number of nitro benzene ring substituents is 1. The second-order valence-electron chi connectivity index (χ2n) is 6.79. The van der Waals surface area contributed by atoms with Gasteiger partial charge in [-0.05, 0) is 23.8 Å². The molecule has 0 saturated heterocycles. The molecule has 1 heterocycles. The van der Waals surface area contributed by atoms with E-state index in [0.29, 0.717) is 0 Å². The van der Waals surface area contributed by atoms with Crippen molar-refractivity contribution in [2.45, 2.75) is 6.61 Å². The van der Waals surface area contributed by atoms with Gasteiger partial charge in [0.05, 0.1) is 12.0 Å². The number of nitrogens with zero attached hydrogens (tertiary/aromatic N) is 1. The average molecular weight is 473 g/mol. The van der Waals surface area contributed by atoms with Crippen LogP contribution >= 0.6 is 0 Å². The molecule has 34 heavy (non-hydrogen) atoms. The number of carboxylic acids is 2. The van der Waals surface area contributed by atoms with Gasteiger partial charge in [0.15, 0.2) is 5.75 Å². The summed E-state index contributed by atoms with van der Waals surface area (Å²) in [4.78, 5) is 48.2. The molecule has 0 saturated carbocycles. The molecule has 13 heteroatoms. The van der Waals surface area contributed by atoms with Crippen LogP contribution in [0.5, 0.6) is 11.5 Å². The number of benzene rings is 2. The molecule has 2 aromatic carbocycles.